The van der Waals surface area contributed by atoms with Crippen molar-refractivity contribution in [2.75, 3.05) is 5.88 Å². The van der Waals surface area contributed by atoms with Gasteiger partial charge in [0.25, 0.3) is 0 Å². The summed E-state index contributed by atoms with van der Waals surface area (Å²) in [5.41, 5.74) is 1.40. The maximum absolute atomic E-state index is 14.1. The molecule has 1 aliphatic heterocycles. The molecule has 0 N–H and O–H groups in total. The summed E-state index contributed by atoms with van der Waals surface area (Å²) in [5, 5.41) is 0. The molecule has 3 rings (SSSR count). The van der Waals surface area contributed by atoms with Gasteiger partial charge in [0.05, 0.1) is 0 Å². The Morgan fingerprint density at radius 1 is 1.52 bits per heavy atom. The number of alkyl halides is 1. The van der Waals surface area contributed by atoms with Gasteiger partial charge in [-0.3, -0.25) is 4.79 Å². The zero-order valence-corrected chi connectivity index (χ0v) is 13.8. The van der Waals surface area contributed by atoms with E-state index in [0.717, 1.165) is 24.4 Å². The Hall–Kier alpha value is -1.88. The predicted octanol–water partition coefficient (Wildman–Crippen LogP) is 2.91. The maximum atomic E-state index is 14.1. The lowest BCUT2D eigenvalue weighted by atomic mass is 10.0. The molecule has 1 unspecified atom stereocenters. The zero-order chi connectivity index (χ0) is 16.4. The van der Waals surface area contributed by atoms with Crippen molar-refractivity contribution in [1.29, 1.82) is 0 Å². The average molecular weight is 336 g/mol. The highest BCUT2D eigenvalue weighted by atomic mass is 35.5. The van der Waals surface area contributed by atoms with Crippen molar-refractivity contribution in [3.8, 4) is 0 Å². The zero-order valence-electron chi connectivity index (χ0n) is 13.0. The molecule has 0 aliphatic carbocycles. The van der Waals surface area contributed by atoms with E-state index in [1.807, 2.05) is 19.2 Å². The second kappa shape index (κ2) is 6.71. The Morgan fingerprint density at radius 3 is 3.09 bits per heavy atom. The van der Waals surface area contributed by atoms with Crippen LogP contribution in [-0.2, 0) is 24.3 Å². The minimum atomic E-state index is -0.283. The van der Waals surface area contributed by atoms with E-state index in [2.05, 4.69) is 9.55 Å². The number of halogens is 2. The first-order chi connectivity index (χ1) is 11.1. The van der Waals surface area contributed by atoms with Gasteiger partial charge in [0.2, 0.25) is 5.91 Å². The number of rotatable bonds is 4. The van der Waals surface area contributed by atoms with Gasteiger partial charge in [-0.2, -0.15) is 0 Å². The number of aromatic nitrogens is 2. The van der Waals surface area contributed by atoms with E-state index >= 15 is 0 Å². The Morgan fingerprint density at radius 2 is 2.35 bits per heavy atom. The summed E-state index contributed by atoms with van der Waals surface area (Å²) in [6, 6.07) is 4.96. The van der Waals surface area contributed by atoms with Crippen LogP contribution in [-0.4, -0.2) is 32.3 Å². The van der Waals surface area contributed by atoms with Gasteiger partial charge in [0.1, 0.15) is 17.5 Å². The molecule has 1 atom stereocenters. The van der Waals surface area contributed by atoms with Crippen LogP contribution in [0.3, 0.4) is 0 Å². The lowest BCUT2D eigenvalue weighted by molar-refractivity contribution is -0.132. The molecular weight excluding hydrogens is 317 g/mol. The highest BCUT2D eigenvalue weighted by Crippen LogP contribution is 2.23. The maximum Gasteiger partial charge on any atom is 0.238 e. The number of fused-ring (bicyclic) bond motifs is 1. The topological polar surface area (TPSA) is 38.1 Å². The molecule has 6 heteroatoms. The van der Waals surface area contributed by atoms with Crippen molar-refractivity contribution in [3.63, 3.8) is 0 Å². The monoisotopic (exact) mass is 335 g/mol. The number of carbonyl (C=O) groups is 1. The molecule has 1 amide bonds. The van der Waals surface area contributed by atoms with E-state index < -0.39 is 0 Å². The molecule has 122 valence electrons. The molecule has 1 aliphatic rings. The first kappa shape index (κ1) is 16.0. The number of hydrogen-bond donors (Lipinski definition) is 0. The molecule has 1 aromatic carbocycles. The van der Waals surface area contributed by atoms with Gasteiger partial charge in [0.15, 0.2) is 0 Å². The third-order valence-electron chi connectivity index (χ3n) is 4.48. The third-order valence-corrected chi connectivity index (χ3v) is 4.71. The fourth-order valence-corrected chi connectivity index (χ4v) is 3.29. The first-order valence-corrected chi connectivity index (χ1v) is 8.23. The second-order valence-corrected chi connectivity index (χ2v) is 6.14. The normalized spacial score (nSPS) is 16.9. The van der Waals surface area contributed by atoms with E-state index in [1.165, 1.54) is 6.07 Å². The number of amides is 1. The first-order valence-electron chi connectivity index (χ1n) is 7.69. The van der Waals surface area contributed by atoms with Crippen LogP contribution in [0.4, 0.5) is 4.39 Å². The predicted molar refractivity (Wildman–Crippen MR) is 86.7 cm³/mol. The van der Waals surface area contributed by atoms with Gasteiger partial charge in [-0.25, -0.2) is 9.37 Å². The summed E-state index contributed by atoms with van der Waals surface area (Å²) in [6.45, 7) is 2.91. The number of carbonyl (C=O) groups excluding carboxylic acids is 1. The van der Waals surface area contributed by atoms with E-state index in [1.54, 1.807) is 17.2 Å². The van der Waals surface area contributed by atoms with E-state index in [9.17, 15) is 9.18 Å². The molecule has 0 bridgehead atoms. The summed E-state index contributed by atoms with van der Waals surface area (Å²) < 4.78 is 16.2. The molecule has 0 saturated carbocycles. The number of nitrogens with zero attached hydrogens (tertiary/aromatic N) is 3. The van der Waals surface area contributed by atoms with Crippen molar-refractivity contribution >= 4 is 17.5 Å². The van der Waals surface area contributed by atoms with Crippen LogP contribution < -0.4 is 0 Å². The van der Waals surface area contributed by atoms with Crippen molar-refractivity contribution in [2.45, 2.75) is 38.9 Å². The SMILES string of the molecule is Cc1cccc(F)c1CN(C(=O)CCl)C1CCn2ccnc2C1. The summed E-state index contributed by atoms with van der Waals surface area (Å²) in [5.74, 6) is 0.409. The van der Waals surface area contributed by atoms with E-state index in [-0.39, 0.29) is 30.2 Å². The minimum Gasteiger partial charge on any atom is -0.335 e. The lowest BCUT2D eigenvalue weighted by Crippen LogP contribution is -2.44. The van der Waals surface area contributed by atoms with Crippen LogP contribution in [0.5, 0.6) is 0 Å². The van der Waals surface area contributed by atoms with Gasteiger partial charge in [-0.1, -0.05) is 12.1 Å². The standard InChI is InChI=1S/C17H19ClFN3O/c1-12-3-2-4-15(19)14(12)11-22(17(23)10-18)13-5-7-21-8-6-20-16(21)9-13/h2-4,6,8,13H,5,7,9-11H2,1H3. The van der Waals surface area contributed by atoms with Gasteiger partial charge in [0, 0.05) is 43.5 Å². The number of aryl methyl sites for hydroxylation is 2. The van der Waals surface area contributed by atoms with E-state index in [4.69, 9.17) is 11.6 Å². The number of imidazole rings is 1. The molecule has 0 fully saturated rings. The van der Waals surface area contributed by atoms with Crippen LogP contribution in [0.25, 0.3) is 0 Å². The Bertz CT molecular complexity index is 695. The third kappa shape index (κ3) is 3.24. The summed E-state index contributed by atoms with van der Waals surface area (Å²) in [7, 11) is 0. The number of hydrogen-bond acceptors (Lipinski definition) is 2. The lowest BCUT2D eigenvalue weighted by Gasteiger charge is -2.34. The van der Waals surface area contributed by atoms with Gasteiger partial charge < -0.3 is 9.47 Å². The molecule has 0 spiro atoms. The van der Waals surface area contributed by atoms with Crippen LogP contribution in [0.2, 0.25) is 0 Å². The number of benzene rings is 1. The Balaban J connectivity index is 1.86. The molecular formula is C17H19ClFN3O. The summed E-state index contributed by atoms with van der Waals surface area (Å²) in [4.78, 5) is 18.4. The van der Waals surface area contributed by atoms with Crippen LogP contribution in [0.1, 0.15) is 23.4 Å². The van der Waals surface area contributed by atoms with E-state index in [0.29, 0.717) is 12.0 Å². The second-order valence-electron chi connectivity index (χ2n) is 5.87. The molecule has 4 nitrogen and oxygen atoms in total. The van der Waals surface area contributed by atoms with Gasteiger partial charge in [-0.15, -0.1) is 11.6 Å². The van der Waals surface area contributed by atoms with Crippen LogP contribution >= 0.6 is 11.6 Å². The van der Waals surface area contributed by atoms with Crippen molar-refractivity contribution in [3.05, 3.63) is 53.4 Å². The minimum absolute atomic E-state index is 0.00449. The Labute approximate surface area is 139 Å². The van der Waals surface area contributed by atoms with Crippen LogP contribution in [0.15, 0.2) is 30.6 Å². The van der Waals surface area contributed by atoms with Gasteiger partial charge >= 0.3 is 0 Å². The van der Waals surface area contributed by atoms with Gasteiger partial charge in [-0.05, 0) is 25.0 Å². The molecule has 2 heterocycles. The van der Waals surface area contributed by atoms with Crippen molar-refractivity contribution in [2.24, 2.45) is 0 Å². The largest absolute Gasteiger partial charge is 0.335 e. The molecule has 23 heavy (non-hydrogen) atoms. The fraction of sp³-hybridized carbons (Fsp3) is 0.412. The Kier molecular flexibility index (Phi) is 4.66. The summed E-state index contributed by atoms with van der Waals surface area (Å²) >= 11 is 5.79. The molecule has 2 aromatic rings. The van der Waals surface area contributed by atoms with Crippen molar-refractivity contribution in [1.82, 2.24) is 14.5 Å². The van der Waals surface area contributed by atoms with Crippen LogP contribution in [0, 0.1) is 12.7 Å². The van der Waals surface area contributed by atoms with Crippen molar-refractivity contribution < 1.29 is 9.18 Å². The fourth-order valence-electron chi connectivity index (χ4n) is 3.14. The molecule has 0 saturated heterocycles. The smallest absolute Gasteiger partial charge is 0.238 e. The quantitative estimate of drug-likeness (QED) is 0.806. The highest BCUT2D eigenvalue weighted by molar-refractivity contribution is 6.27. The summed E-state index contributed by atoms with van der Waals surface area (Å²) in [6.07, 6.45) is 5.20. The average Bonchev–Trinajstić information content (AvgIpc) is 3.01. The molecule has 1 aromatic heterocycles. The molecule has 0 radical (unpaired) electrons. The highest BCUT2D eigenvalue weighted by Gasteiger charge is 2.29.